The number of nitrogens with zero attached hydrogens (tertiary/aromatic N) is 1. The number of nitrogens with two attached hydrogens (primary N) is 2. The SMILES string of the molecule is NCC1CCCN(c2ccc(C(N)=O)cc2)C1. The van der Waals surface area contributed by atoms with Crippen LogP contribution in [0.5, 0.6) is 0 Å². The smallest absolute Gasteiger partial charge is 0.248 e. The lowest BCUT2D eigenvalue weighted by Gasteiger charge is -2.34. The summed E-state index contributed by atoms with van der Waals surface area (Å²) in [7, 11) is 0. The van der Waals surface area contributed by atoms with Crippen molar-refractivity contribution in [3.8, 4) is 0 Å². The third-order valence-electron chi connectivity index (χ3n) is 3.37. The van der Waals surface area contributed by atoms with Crippen LogP contribution in [0.4, 0.5) is 5.69 Å². The summed E-state index contributed by atoms with van der Waals surface area (Å²) in [6.45, 7) is 2.81. The Morgan fingerprint density at radius 2 is 2.06 bits per heavy atom. The molecule has 0 saturated carbocycles. The summed E-state index contributed by atoms with van der Waals surface area (Å²) in [6.07, 6.45) is 2.39. The van der Waals surface area contributed by atoms with Gasteiger partial charge in [0.25, 0.3) is 0 Å². The van der Waals surface area contributed by atoms with E-state index in [9.17, 15) is 4.79 Å². The van der Waals surface area contributed by atoms with Crippen molar-refractivity contribution in [3.05, 3.63) is 29.8 Å². The summed E-state index contributed by atoms with van der Waals surface area (Å²) in [5, 5.41) is 0. The van der Waals surface area contributed by atoms with E-state index in [0.717, 1.165) is 25.3 Å². The van der Waals surface area contributed by atoms with Gasteiger partial charge in [-0.25, -0.2) is 0 Å². The average molecular weight is 233 g/mol. The van der Waals surface area contributed by atoms with E-state index in [1.54, 1.807) is 12.1 Å². The first kappa shape index (κ1) is 11.9. The second-order valence-electron chi connectivity index (χ2n) is 4.60. The molecule has 4 nitrogen and oxygen atoms in total. The van der Waals surface area contributed by atoms with Crippen molar-refractivity contribution in [3.63, 3.8) is 0 Å². The van der Waals surface area contributed by atoms with E-state index < -0.39 is 0 Å². The molecule has 1 fully saturated rings. The zero-order chi connectivity index (χ0) is 12.3. The van der Waals surface area contributed by atoms with Crippen molar-refractivity contribution < 1.29 is 4.79 Å². The Labute approximate surface area is 102 Å². The first-order chi connectivity index (χ1) is 8.20. The molecule has 1 aromatic carbocycles. The largest absolute Gasteiger partial charge is 0.371 e. The number of anilines is 1. The van der Waals surface area contributed by atoms with Gasteiger partial charge >= 0.3 is 0 Å². The molecule has 1 amide bonds. The summed E-state index contributed by atoms with van der Waals surface area (Å²) < 4.78 is 0. The maximum absolute atomic E-state index is 11.0. The van der Waals surface area contributed by atoms with Crippen molar-refractivity contribution in [1.29, 1.82) is 0 Å². The van der Waals surface area contributed by atoms with Gasteiger partial charge in [-0.3, -0.25) is 4.79 Å². The monoisotopic (exact) mass is 233 g/mol. The lowest BCUT2D eigenvalue weighted by molar-refractivity contribution is 0.100. The molecule has 0 spiro atoms. The zero-order valence-electron chi connectivity index (χ0n) is 9.93. The Morgan fingerprint density at radius 1 is 1.35 bits per heavy atom. The molecule has 4 heteroatoms. The first-order valence-electron chi connectivity index (χ1n) is 6.05. The predicted molar refractivity (Wildman–Crippen MR) is 69.0 cm³/mol. The molecule has 1 heterocycles. The molecule has 1 aromatic rings. The van der Waals surface area contributed by atoms with Crippen LogP contribution in [0.1, 0.15) is 23.2 Å². The molecule has 0 aliphatic carbocycles. The van der Waals surface area contributed by atoms with Gasteiger partial charge in [0.2, 0.25) is 5.91 Å². The molecule has 1 aliphatic heterocycles. The third kappa shape index (κ3) is 2.77. The van der Waals surface area contributed by atoms with Crippen molar-refractivity contribution >= 4 is 11.6 Å². The zero-order valence-corrected chi connectivity index (χ0v) is 9.93. The van der Waals surface area contributed by atoms with Crippen LogP contribution in [-0.2, 0) is 0 Å². The fraction of sp³-hybridized carbons (Fsp3) is 0.462. The van der Waals surface area contributed by atoms with Crippen molar-refractivity contribution in [2.45, 2.75) is 12.8 Å². The lowest BCUT2D eigenvalue weighted by Crippen LogP contribution is -2.38. The molecule has 1 unspecified atom stereocenters. The van der Waals surface area contributed by atoms with Gasteiger partial charge in [-0.1, -0.05) is 0 Å². The lowest BCUT2D eigenvalue weighted by atomic mass is 9.97. The molecule has 0 aromatic heterocycles. The van der Waals surface area contributed by atoms with Gasteiger partial charge in [-0.15, -0.1) is 0 Å². The maximum atomic E-state index is 11.0. The molecule has 1 aliphatic rings. The van der Waals surface area contributed by atoms with Crippen LogP contribution in [0.15, 0.2) is 24.3 Å². The van der Waals surface area contributed by atoms with E-state index in [0.29, 0.717) is 11.5 Å². The van der Waals surface area contributed by atoms with Crippen molar-refractivity contribution in [2.75, 3.05) is 24.5 Å². The fourth-order valence-electron chi connectivity index (χ4n) is 2.33. The summed E-state index contributed by atoms with van der Waals surface area (Å²) in [6, 6.07) is 7.48. The quantitative estimate of drug-likeness (QED) is 0.816. The van der Waals surface area contributed by atoms with Crippen molar-refractivity contribution in [2.24, 2.45) is 17.4 Å². The van der Waals surface area contributed by atoms with Crippen LogP contribution < -0.4 is 16.4 Å². The van der Waals surface area contributed by atoms with E-state index in [-0.39, 0.29) is 5.91 Å². The Morgan fingerprint density at radius 3 is 2.65 bits per heavy atom. The number of carbonyl (C=O) groups excluding carboxylic acids is 1. The fourth-order valence-corrected chi connectivity index (χ4v) is 2.33. The van der Waals surface area contributed by atoms with Gasteiger partial charge in [-0.2, -0.15) is 0 Å². The maximum Gasteiger partial charge on any atom is 0.248 e. The first-order valence-corrected chi connectivity index (χ1v) is 6.05. The van der Waals surface area contributed by atoms with Crippen LogP contribution in [0.3, 0.4) is 0 Å². The molecule has 2 rings (SSSR count). The molecule has 1 atom stereocenters. The standard InChI is InChI=1S/C13H19N3O/c14-8-10-2-1-7-16(9-10)12-5-3-11(4-6-12)13(15)17/h3-6,10H,1-2,7-9,14H2,(H2,15,17). The van der Waals surface area contributed by atoms with Crippen LogP contribution in [0.2, 0.25) is 0 Å². The number of rotatable bonds is 3. The average Bonchev–Trinajstić information content (AvgIpc) is 2.39. The minimum Gasteiger partial charge on any atom is -0.371 e. The molecule has 0 radical (unpaired) electrons. The van der Waals surface area contributed by atoms with Crippen LogP contribution in [0.25, 0.3) is 0 Å². The Bertz CT molecular complexity index is 388. The van der Waals surface area contributed by atoms with E-state index >= 15 is 0 Å². The van der Waals surface area contributed by atoms with E-state index in [1.165, 1.54) is 12.8 Å². The number of primary amides is 1. The van der Waals surface area contributed by atoms with Gasteiger partial charge in [0.05, 0.1) is 0 Å². The van der Waals surface area contributed by atoms with Gasteiger partial charge in [0.1, 0.15) is 0 Å². The highest BCUT2D eigenvalue weighted by molar-refractivity contribution is 5.93. The van der Waals surface area contributed by atoms with Crippen LogP contribution in [-0.4, -0.2) is 25.5 Å². The number of benzene rings is 1. The molecule has 1 saturated heterocycles. The Balaban J connectivity index is 2.08. The summed E-state index contributed by atoms with van der Waals surface area (Å²) >= 11 is 0. The normalized spacial score (nSPS) is 20.3. The van der Waals surface area contributed by atoms with Crippen molar-refractivity contribution in [1.82, 2.24) is 0 Å². The third-order valence-corrected chi connectivity index (χ3v) is 3.37. The Hall–Kier alpha value is -1.55. The van der Waals surface area contributed by atoms with Gasteiger partial charge in [0.15, 0.2) is 0 Å². The molecule has 0 bridgehead atoms. The number of carbonyl (C=O) groups is 1. The molecular weight excluding hydrogens is 214 g/mol. The number of piperidine rings is 1. The van der Waals surface area contributed by atoms with E-state index in [4.69, 9.17) is 11.5 Å². The molecule has 4 N–H and O–H groups in total. The van der Waals surface area contributed by atoms with Crippen LogP contribution >= 0.6 is 0 Å². The highest BCUT2D eigenvalue weighted by atomic mass is 16.1. The second-order valence-corrected chi connectivity index (χ2v) is 4.60. The Kier molecular flexibility index (Phi) is 3.64. The predicted octanol–water partition coefficient (Wildman–Crippen LogP) is 0.961. The second kappa shape index (κ2) is 5.19. The summed E-state index contributed by atoms with van der Waals surface area (Å²) in [4.78, 5) is 13.3. The minimum atomic E-state index is -0.380. The van der Waals surface area contributed by atoms with Gasteiger partial charge in [-0.05, 0) is 49.6 Å². The van der Waals surface area contributed by atoms with E-state index in [2.05, 4.69) is 4.90 Å². The summed E-state index contributed by atoms with van der Waals surface area (Å²) in [5.74, 6) is 0.203. The number of amides is 1. The van der Waals surface area contributed by atoms with Gasteiger partial charge in [0, 0.05) is 24.3 Å². The molecule has 92 valence electrons. The topological polar surface area (TPSA) is 72.3 Å². The summed E-state index contributed by atoms with van der Waals surface area (Å²) in [5.41, 5.74) is 12.6. The van der Waals surface area contributed by atoms with Crippen LogP contribution in [0, 0.1) is 5.92 Å². The highest BCUT2D eigenvalue weighted by Gasteiger charge is 2.18. The number of hydrogen-bond donors (Lipinski definition) is 2. The minimum absolute atomic E-state index is 0.380. The number of hydrogen-bond acceptors (Lipinski definition) is 3. The van der Waals surface area contributed by atoms with Gasteiger partial charge < -0.3 is 16.4 Å². The molecular formula is C13H19N3O. The highest BCUT2D eigenvalue weighted by Crippen LogP contribution is 2.22. The van der Waals surface area contributed by atoms with E-state index in [1.807, 2.05) is 12.1 Å². The molecule has 17 heavy (non-hydrogen) atoms.